The third-order valence-corrected chi connectivity index (χ3v) is 5.14. The van der Waals surface area contributed by atoms with Crippen LogP contribution < -0.4 is 9.47 Å². The minimum Gasteiger partial charge on any atom is -0.497 e. The van der Waals surface area contributed by atoms with E-state index in [4.69, 9.17) is 13.9 Å². The number of methoxy groups -OCH3 is 2. The van der Waals surface area contributed by atoms with Crippen molar-refractivity contribution in [3.8, 4) is 40.0 Å². The van der Waals surface area contributed by atoms with Gasteiger partial charge in [-0.15, -0.1) is 0 Å². The lowest BCUT2D eigenvalue weighted by molar-refractivity contribution is 0.414. The molecule has 0 fully saturated rings. The van der Waals surface area contributed by atoms with E-state index in [-0.39, 0.29) is 5.88 Å². The fourth-order valence-corrected chi connectivity index (χ4v) is 3.38. The molecule has 4 rings (SSSR count). The largest absolute Gasteiger partial charge is 0.497 e. The molecule has 0 aliphatic heterocycles. The molecular formula is C27H22N2O3. The first kappa shape index (κ1) is 21.0. The predicted molar refractivity (Wildman–Crippen MR) is 126 cm³/mol. The van der Waals surface area contributed by atoms with Crippen molar-refractivity contribution in [2.75, 3.05) is 14.2 Å². The van der Waals surface area contributed by atoms with Crippen molar-refractivity contribution in [1.82, 2.24) is 0 Å². The van der Waals surface area contributed by atoms with Gasteiger partial charge in [-0.05, 0) is 54.4 Å². The fraction of sp³-hybridized carbons (Fsp3) is 0.111. The van der Waals surface area contributed by atoms with E-state index < -0.39 is 0 Å². The van der Waals surface area contributed by atoms with Crippen LogP contribution in [0.5, 0.6) is 11.5 Å². The van der Waals surface area contributed by atoms with Crippen LogP contribution in [0.1, 0.15) is 16.7 Å². The second kappa shape index (κ2) is 9.23. The molecule has 0 spiro atoms. The number of hydrogen-bond acceptors (Lipinski definition) is 5. The SMILES string of the molecule is COc1ccc(-c2oc(/N=C/c3ccc(C)cc3)c(C#N)c2-c2ccc(OC)cc2)cc1. The summed E-state index contributed by atoms with van der Waals surface area (Å²) in [6.07, 6.45) is 1.70. The highest BCUT2D eigenvalue weighted by Crippen LogP contribution is 2.43. The van der Waals surface area contributed by atoms with E-state index in [1.54, 1.807) is 20.4 Å². The zero-order valence-electron chi connectivity index (χ0n) is 18.1. The lowest BCUT2D eigenvalue weighted by Gasteiger charge is -2.06. The summed E-state index contributed by atoms with van der Waals surface area (Å²) in [6, 6.07) is 25.3. The molecule has 0 amide bonds. The zero-order valence-corrected chi connectivity index (χ0v) is 18.1. The molecule has 158 valence electrons. The van der Waals surface area contributed by atoms with Crippen molar-refractivity contribution in [1.29, 1.82) is 5.26 Å². The van der Waals surface area contributed by atoms with E-state index >= 15 is 0 Å². The number of ether oxygens (including phenoxy) is 2. The Morgan fingerprint density at radius 3 is 1.91 bits per heavy atom. The minimum atomic E-state index is 0.268. The van der Waals surface area contributed by atoms with Gasteiger partial charge in [0, 0.05) is 17.3 Å². The molecule has 0 saturated heterocycles. The van der Waals surface area contributed by atoms with Gasteiger partial charge in [0.2, 0.25) is 5.88 Å². The molecule has 4 aromatic rings. The van der Waals surface area contributed by atoms with E-state index in [9.17, 15) is 5.26 Å². The normalized spacial score (nSPS) is 10.8. The van der Waals surface area contributed by atoms with Gasteiger partial charge in [0.05, 0.1) is 14.2 Å². The quantitative estimate of drug-likeness (QED) is 0.330. The van der Waals surface area contributed by atoms with Gasteiger partial charge in [0.15, 0.2) is 0 Å². The van der Waals surface area contributed by atoms with Crippen LogP contribution in [0.2, 0.25) is 0 Å². The molecule has 0 unspecified atom stereocenters. The molecule has 1 aromatic heterocycles. The van der Waals surface area contributed by atoms with Crippen LogP contribution in [0, 0.1) is 18.3 Å². The zero-order chi connectivity index (χ0) is 22.5. The van der Waals surface area contributed by atoms with Crippen LogP contribution in [0.4, 0.5) is 5.88 Å². The van der Waals surface area contributed by atoms with Crippen LogP contribution in [0.15, 0.2) is 82.2 Å². The van der Waals surface area contributed by atoms with E-state index in [1.165, 1.54) is 5.56 Å². The lowest BCUT2D eigenvalue weighted by atomic mass is 9.98. The number of aryl methyl sites for hydroxylation is 1. The Kier molecular flexibility index (Phi) is 6.05. The second-order valence-corrected chi connectivity index (χ2v) is 7.22. The number of nitrogens with zero attached hydrogens (tertiary/aromatic N) is 2. The molecule has 32 heavy (non-hydrogen) atoms. The molecule has 0 radical (unpaired) electrons. The van der Waals surface area contributed by atoms with Crippen LogP contribution >= 0.6 is 0 Å². The van der Waals surface area contributed by atoms with E-state index in [0.717, 1.165) is 28.2 Å². The molecule has 0 bridgehead atoms. The maximum Gasteiger partial charge on any atom is 0.238 e. The average Bonchev–Trinajstić information content (AvgIpc) is 3.22. The summed E-state index contributed by atoms with van der Waals surface area (Å²) in [7, 11) is 3.24. The Hall–Kier alpha value is -4.30. The third kappa shape index (κ3) is 4.26. The van der Waals surface area contributed by atoms with Gasteiger partial charge in [-0.1, -0.05) is 42.0 Å². The van der Waals surface area contributed by atoms with Gasteiger partial charge < -0.3 is 13.9 Å². The molecule has 0 atom stereocenters. The van der Waals surface area contributed by atoms with Gasteiger partial charge in [0.1, 0.15) is 28.9 Å². The summed E-state index contributed by atoms with van der Waals surface area (Å²) >= 11 is 0. The van der Waals surface area contributed by atoms with Crippen LogP contribution in [0.25, 0.3) is 22.5 Å². The monoisotopic (exact) mass is 422 g/mol. The number of rotatable bonds is 6. The first-order valence-electron chi connectivity index (χ1n) is 10.1. The first-order chi connectivity index (χ1) is 15.6. The Morgan fingerprint density at radius 1 is 0.812 bits per heavy atom. The van der Waals surface area contributed by atoms with Crippen molar-refractivity contribution in [3.63, 3.8) is 0 Å². The van der Waals surface area contributed by atoms with E-state index in [2.05, 4.69) is 11.1 Å². The fourth-order valence-electron chi connectivity index (χ4n) is 3.38. The molecule has 0 aliphatic rings. The van der Waals surface area contributed by atoms with Crippen molar-refractivity contribution in [3.05, 3.63) is 89.5 Å². The summed E-state index contributed by atoms with van der Waals surface area (Å²) in [4.78, 5) is 4.51. The van der Waals surface area contributed by atoms with Crippen LogP contribution in [-0.2, 0) is 0 Å². The second-order valence-electron chi connectivity index (χ2n) is 7.22. The third-order valence-electron chi connectivity index (χ3n) is 5.14. The predicted octanol–water partition coefficient (Wildman–Crippen LogP) is 6.56. The molecule has 0 N–H and O–H groups in total. The summed E-state index contributed by atoms with van der Waals surface area (Å²) < 4.78 is 16.7. The van der Waals surface area contributed by atoms with Crippen LogP contribution in [-0.4, -0.2) is 20.4 Å². The molecule has 0 saturated carbocycles. The molecule has 3 aromatic carbocycles. The maximum absolute atomic E-state index is 10.0. The van der Waals surface area contributed by atoms with Crippen molar-refractivity contribution >= 4 is 12.1 Å². The maximum atomic E-state index is 10.0. The van der Waals surface area contributed by atoms with Crippen molar-refractivity contribution in [2.45, 2.75) is 6.92 Å². The number of nitriles is 1. The molecule has 5 nitrogen and oxygen atoms in total. The smallest absolute Gasteiger partial charge is 0.238 e. The molecule has 5 heteroatoms. The van der Waals surface area contributed by atoms with E-state index in [0.29, 0.717) is 16.9 Å². The van der Waals surface area contributed by atoms with Crippen LogP contribution in [0.3, 0.4) is 0 Å². The Morgan fingerprint density at radius 2 is 1.38 bits per heavy atom. The standard InChI is InChI=1S/C27H22N2O3/c1-18-4-6-19(7-5-18)17-29-27-24(16-28)25(20-8-12-22(30-2)13-9-20)26(32-27)21-10-14-23(31-3)15-11-21/h4-15,17H,1-3H3/b29-17+. The van der Waals surface area contributed by atoms with Gasteiger partial charge >= 0.3 is 0 Å². The number of aliphatic imine (C=N–C) groups is 1. The Bertz CT molecular complexity index is 1280. The Balaban J connectivity index is 1.86. The first-order valence-corrected chi connectivity index (χ1v) is 10.1. The van der Waals surface area contributed by atoms with Gasteiger partial charge in [0.25, 0.3) is 0 Å². The molecular weight excluding hydrogens is 400 g/mol. The highest BCUT2D eigenvalue weighted by molar-refractivity contribution is 5.90. The Labute approximate surface area is 187 Å². The number of benzene rings is 3. The molecule has 1 heterocycles. The highest BCUT2D eigenvalue weighted by atomic mass is 16.5. The van der Waals surface area contributed by atoms with Crippen molar-refractivity contribution < 1.29 is 13.9 Å². The highest BCUT2D eigenvalue weighted by Gasteiger charge is 2.23. The van der Waals surface area contributed by atoms with Gasteiger partial charge in [-0.3, -0.25) is 0 Å². The summed E-state index contributed by atoms with van der Waals surface area (Å²) in [5.41, 5.74) is 4.83. The van der Waals surface area contributed by atoms with E-state index in [1.807, 2.05) is 79.7 Å². The number of furan rings is 1. The lowest BCUT2D eigenvalue weighted by Crippen LogP contribution is -1.87. The summed E-state index contributed by atoms with van der Waals surface area (Å²) in [5, 5.41) is 10.0. The topological polar surface area (TPSA) is 67.8 Å². The minimum absolute atomic E-state index is 0.268. The number of hydrogen-bond donors (Lipinski definition) is 0. The summed E-state index contributed by atoms with van der Waals surface area (Å²) in [6.45, 7) is 2.03. The van der Waals surface area contributed by atoms with Gasteiger partial charge in [-0.2, -0.15) is 5.26 Å². The van der Waals surface area contributed by atoms with Crippen molar-refractivity contribution in [2.24, 2.45) is 4.99 Å². The summed E-state index contributed by atoms with van der Waals surface area (Å²) in [5.74, 6) is 2.32. The molecule has 0 aliphatic carbocycles. The van der Waals surface area contributed by atoms with Gasteiger partial charge in [-0.25, -0.2) is 4.99 Å². The average molecular weight is 422 g/mol.